The predicted molar refractivity (Wildman–Crippen MR) is 107 cm³/mol. The fourth-order valence-electron chi connectivity index (χ4n) is 2.37. The molecule has 2 rings (SSSR count). The lowest BCUT2D eigenvalue weighted by Gasteiger charge is -2.15. The quantitative estimate of drug-likeness (QED) is 0.727. The van der Waals surface area contributed by atoms with Crippen LogP contribution < -0.4 is 14.8 Å². The van der Waals surface area contributed by atoms with Crippen LogP contribution in [0.15, 0.2) is 47.4 Å². The molecule has 8 heteroatoms. The Bertz CT molecular complexity index is 912. The van der Waals surface area contributed by atoms with Gasteiger partial charge in [-0.25, -0.2) is 8.42 Å². The molecular weight excluding hydrogens is 388 g/mol. The van der Waals surface area contributed by atoms with Crippen LogP contribution in [0.25, 0.3) is 0 Å². The third-order valence-corrected chi connectivity index (χ3v) is 5.84. The third-order valence-electron chi connectivity index (χ3n) is 4.00. The van der Waals surface area contributed by atoms with Crippen molar-refractivity contribution < 1.29 is 17.9 Å². The number of halogens is 1. The van der Waals surface area contributed by atoms with Gasteiger partial charge in [0.05, 0.1) is 23.1 Å². The number of nitrogens with one attached hydrogen (secondary N) is 2. The molecular formula is C19H23ClN2O4S. The number of benzene rings is 2. The van der Waals surface area contributed by atoms with Crippen LogP contribution in [0, 0.1) is 0 Å². The molecule has 0 fully saturated rings. The summed E-state index contributed by atoms with van der Waals surface area (Å²) in [6.45, 7) is 5.63. The Morgan fingerprint density at radius 1 is 1.07 bits per heavy atom. The standard InChI is InChI=1S/C19H23ClN2O4S/c1-12(2)14-5-7-15(8-6-14)21-19(23)13(3)22-27(24,25)16-9-10-18(26-4)17(20)11-16/h5-13,22H,1-4H3,(H,21,23)/t13-/m0/s1. The number of hydrogen-bond acceptors (Lipinski definition) is 4. The number of hydrogen-bond donors (Lipinski definition) is 2. The van der Waals surface area contributed by atoms with Crippen LogP contribution in [0.1, 0.15) is 32.3 Å². The van der Waals surface area contributed by atoms with Crippen LogP contribution >= 0.6 is 11.6 Å². The predicted octanol–water partition coefficient (Wildman–Crippen LogP) is 3.78. The first-order chi connectivity index (χ1) is 12.6. The van der Waals surface area contributed by atoms with Gasteiger partial charge in [-0.3, -0.25) is 4.79 Å². The Morgan fingerprint density at radius 2 is 1.70 bits per heavy atom. The zero-order valence-corrected chi connectivity index (χ0v) is 17.2. The monoisotopic (exact) mass is 410 g/mol. The first-order valence-corrected chi connectivity index (χ1v) is 10.3. The van der Waals surface area contributed by atoms with Gasteiger partial charge in [0, 0.05) is 5.69 Å². The highest BCUT2D eigenvalue weighted by atomic mass is 35.5. The van der Waals surface area contributed by atoms with E-state index in [2.05, 4.69) is 23.9 Å². The van der Waals surface area contributed by atoms with Crippen molar-refractivity contribution in [2.75, 3.05) is 12.4 Å². The van der Waals surface area contributed by atoms with E-state index in [4.69, 9.17) is 16.3 Å². The van der Waals surface area contributed by atoms with E-state index in [1.54, 1.807) is 12.1 Å². The van der Waals surface area contributed by atoms with Gasteiger partial charge >= 0.3 is 0 Å². The number of rotatable bonds is 7. The molecule has 0 spiro atoms. The summed E-state index contributed by atoms with van der Waals surface area (Å²) in [6, 6.07) is 10.6. The molecule has 2 aromatic rings. The SMILES string of the molecule is COc1ccc(S(=O)(=O)N[C@@H](C)C(=O)Nc2ccc(C(C)C)cc2)cc1Cl. The van der Waals surface area contributed by atoms with Gasteiger partial charge in [-0.15, -0.1) is 0 Å². The molecule has 0 aromatic heterocycles. The second-order valence-electron chi connectivity index (χ2n) is 6.41. The van der Waals surface area contributed by atoms with E-state index in [9.17, 15) is 13.2 Å². The Balaban J connectivity index is 2.07. The fraction of sp³-hybridized carbons (Fsp3) is 0.316. The van der Waals surface area contributed by atoms with Gasteiger partial charge in [-0.1, -0.05) is 37.6 Å². The number of methoxy groups -OCH3 is 1. The summed E-state index contributed by atoms with van der Waals surface area (Å²) in [5.74, 6) is 0.290. The first-order valence-electron chi connectivity index (χ1n) is 8.40. The van der Waals surface area contributed by atoms with E-state index in [0.717, 1.165) is 5.56 Å². The minimum absolute atomic E-state index is 0.0470. The van der Waals surface area contributed by atoms with E-state index < -0.39 is 22.0 Å². The van der Waals surface area contributed by atoms with Crippen molar-refractivity contribution in [3.8, 4) is 5.75 Å². The lowest BCUT2D eigenvalue weighted by molar-refractivity contribution is -0.117. The van der Waals surface area contributed by atoms with Crippen molar-refractivity contribution in [2.24, 2.45) is 0 Å². The van der Waals surface area contributed by atoms with Gasteiger partial charge in [0.1, 0.15) is 5.75 Å². The van der Waals surface area contributed by atoms with Crippen LogP contribution in [0.3, 0.4) is 0 Å². The summed E-state index contributed by atoms with van der Waals surface area (Å²) in [5, 5.41) is 2.87. The molecule has 0 saturated carbocycles. The molecule has 1 amide bonds. The highest BCUT2D eigenvalue weighted by Crippen LogP contribution is 2.27. The summed E-state index contributed by atoms with van der Waals surface area (Å²) in [6.07, 6.45) is 0. The Morgan fingerprint density at radius 3 is 2.22 bits per heavy atom. The molecule has 0 aliphatic rings. The fourth-order valence-corrected chi connectivity index (χ4v) is 3.92. The third kappa shape index (κ3) is 5.45. The molecule has 0 aliphatic carbocycles. The van der Waals surface area contributed by atoms with Gasteiger partial charge in [-0.2, -0.15) is 4.72 Å². The lowest BCUT2D eigenvalue weighted by Crippen LogP contribution is -2.41. The molecule has 0 bridgehead atoms. The maximum Gasteiger partial charge on any atom is 0.242 e. The van der Waals surface area contributed by atoms with Crippen LogP contribution in [0.2, 0.25) is 5.02 Å². The normalized spacial score (nSPS) is 12.7. The van der Waals surface area contributed by atoms with Crippen molar-refractivity contribution in [2.45, 2.75) is 37.6 Å². The van der Waals surface area contributed by atoms with E-state index in [1.165, 1.54) is 32.2 Å². The zero-order chi connectivity index (χ0) is 20.2. The topological polar surface area (TPSA) is 84.5 Å². The molecule has 0 radical (unpaired) electrons. The highest BCUT2D eigenvalue weighted by molar-refractivity contribution is 7.89. The minimum atomic E-state index is -3.91. The number of sulfonamides is 1. The summed E-state index contributed by atoms with van der Waals surface area (Å²) in [4.78, 5) is 12.3. The number of carbonyl (C=O) groups is 1. The molecule has 0 aliphatic heterocycles. The molecule has 0 unspecified atom stereocenters. The maximum atomic E-state index is 12.5. The lowest BCUT2D eigenvalue weighted by atomic mass is 10.0. The number of carbonyl (C=O) groups excluding carboxylic acids is 1. The van der Waals surface area contributed by atoms with Crippen LogP contribution in [-0.2, 0) is 14.8 Å². The van der Waals surface area contributed by atoms with Crippen LogP contribution in [-0.4, -0.2) is 27.5 Å². The number of anilines is 1. The largest absolute Gasteiger partial charge is 0.495 e. The van der Waals surface area contributed by atoms with E-state index >= 15 is 0 Å². The second kappa shape index (κ2) is 8.73. The summed E-state index contributed by atoms with van der Waals surface area (Å²) in [7, 11) is -2.47. The summed E-state index contributed by atoms with van der Waals surface area (Å²) in [5.41, 5.74) is 1.75. The van der Waals surface area contributed by atoms with Crippen LogP contribution in [0.5, 0.6) is 5.75 Å². The van der Waals surface area contributed by atoms with Crippen molar-refractivity contribution in [1.82, 2.24) is 4.72 Å². The van der Waals surface area contributed by atoms with Crippen molar-refractivity contribution in [3.63, 3.8) is 0 Å². The minimum Gasteiger partial charge on any atom is -0.495 e. The first kappa shape index (κ1) is 21.2. The molecule has 2 N–H and O–H groups in total. The van der Waals surface area contributed by atoms with Crippen molar-refractivity contribution >= 4 is 33.2 Å². The van der Waals surface area contributed by atoms with Gasteiger partial charge in [0.25, 0.3) is 0 Å². The average Bonchev–Trinajstić information content (AvgIpc) is 2.61. The zero-order valence-electron chi connectivity index (χ0n) is 15.6. The Hall–Kier alpha value is -2.09. The van der Waals surface area contributed by atoms with Gasteiger partial charge in [0.15, 0.2) is 0 Å². The van der Waals surface area contributed by atoms with Crippen molar-refractivity contribution in [1.29, 1.82) is 0 Å². The van der Waals surface area contributed by atoms with Gasteiger partial charge in [0.2, 0.25) is 15.9 Å². The van der Waals surface area contributed by atoms with Crippen molar-refractivity contribution in [3.05, 3.63) is 53.1 Å². The van der Waals surface area contributed by atoms with E-state index in [-0.39, 0.29) is 9.92 Å². The number of amides is 1. The van der Waals surface area contributed by atoms with E-state index in [0.29, 0.717) is 17.4 Å². The number of ether oxygens (including phenoxy) is 1. The molecule has 0 saturated heterocycles. The molecule has 6 nitrogen and oxygen atoms in total. The Labute approximate surface area is 164 Å². The maximum absolute atomic E-state index is 12.5. The van der Waals surface area contributed by atoms with Gasteiger partial charge in [-0.05, 0) is 48.7 Å². The molecule has 1 atom stereocenters. The Kier molecular flexibility index (Phi) is 6.86. The molecule has 2 aromatic carbocycles. The highest BCUT2D eigenvalue weighted by Gasteiger charge is 2.23. The molecule has 27 heavy (non-hydrogen) atoms. The molecule has 146 valence electrons. The second-order valence-corrected chi connectivity index (χ2v) is 8.53. The summed E-state index contributed by atoms with van der Waals surface area (Å²) >= 11 is 5.98. The average molecular weight is 411 g/mol. The summed E-state index contributed by atoms with van der Waals surface area (Å²) < 4.78 is 32.3. The molecule has 0 heterocycles. The smallest absolute Gasteiger partial charge is 0.242 e. The van der Waals surface area contributed by atoms with E-state index in [1.807, 2.05) is 12.1 Å². The van der Waals surface area contributed by atoms with Gasteiger partial charge < -0.3 is 10.1 Å². The van der Waals surface area contributed by atoms with Crippen LogP contribution in [0.4, 0.5) is 5.69 Å².